The summed E-state index contributed by atoms with van der Waals surface area (Å²) in [6.45, 7) is 4.47. The van der Waals surface area contributed by atoms with Crippen molar-refractivity contribution in [1.29, 1.82) is 0 Å². The van der Waals surface area contributed by atoms with Gasteiger partial charge >= 0.3 is 0 Å². The Labute approximate surface area is 105 Å². The molecule has 1 rings (SSSR count). The van der Waals surface area contributed by atoms with Gasteiger partial charge < -0.3 is 15.2 Å². The summed E-state index contributed by atoms with van der Waals surface area (Å²) >= 11 is 3.46. The van der Waals surface area contributed by atoms with Crippen molar-refractivity contribution in [3.05, 3.63) is 27.7 Å². The highest BCUT2D eigenvalue weighted by Crippen LogP contribution is 2.33. The van der Waals surface area contributed by atoms with Crippen molar-refractivity contribution in [1.82, 2.24) is 0 Å². The molecule has 0 bridgehead atoms. The molecule has 2 N–H and O–H groups in total. The van der Waals surface area contributed by atoms with Crippen LogP contribution >= 0.6 is 15.9 Å². The minimum Gasteiger partial charge on any atom is -0.496 e. The molecule has 0 aliphatic heterocycles. The van der Waals surface area contributed by atoms with Gasteiger partial charge in [0, 0.05) is 12.6 Å². The summed E-state index contributed by atoms with van der Waals surface area (Å²) in [5.74, 6) is 0.792. The molecule has 0 saturated heterocycles. The first kappa shape index (κ1) is 13.5. The second-order valence-corrected chi connectivity index (χ2v) is 5.15. The van der Waals surface area contributed by atoms with Crippen molar-refractivity contribution in [3.63, 3.8) is 0 Å². The third-order valence-electron chi connectivity index (χ3n) is 2.37. The van der Waals surface area contributed by atoms with Crippen LogP contribution < -0.4 is 10.5 Å². The highest BCUT2D eigenvalue weighted by molar-refractivity contribution is 9.10. The Morgan fingerprint density at radius 2 is 1.94 bits per heavy atom. The van der Waals surface area contributed by atoms with Crippen LogP contribution in [0.5, 0.6) is 5.75 Å². The van der Waals surface area contributed by atoms with E-state index in [9.17, 15) is 0 Å². The molecule has 90 valence electrons. The van der Waals surface area contributed by atoms with Gasteiger partial charge in [-0.3, -0.25) is 0 Å². The van der Waals surface area contributed by atoms with E-state index < -0.39 is 5.54 Å². The van der Waals surface area contributed by atoms with E-state index in [0.717, 1.165) is 21.3 Å². The third-order valence-corrected chi connectivity index (χ3v) is 2.99. The molecule has 0 amide bonds. The van der Waals surface area contributed by atoms with E-state index in [2.05, 4.69) is 15.9 Å². The molecule has 0 fully saturated rings. The number of nitrogens with two attached hydrogens (primary N) is 1. The van der Waals surface area contributed by atoms with Gasteiger partial charge in [0.15, 0.2) is 0 Å². The Morgan fingerprint density at radius 3 is 2.38 bits per heavy atom. The number of methoxy groups -OCH3 is 2. The van der Waals surface area contributed by atoms with Crippen LogP contribution in [0.3, 0.4) is 0 Å². The van der Waals surface area contributed by atoms with Gasteiger partial charge in [-0.1, -0.05) is 0 Å². The molecule has 4 heteroatoms. The largest absolute Gasteiger partial charge is 0.496 e. The third kappa shape index (κ3) is 2.97. The van der Waals surface area contributed by atoms with Crippen LogP contribution in [0, 0.1) is 0 Å². The zero-order valence-electron chi connectivity index (χ0n) is 10.1. The van der Waals surface area contributed by atoms with Gasteiger partial charge in [0.25, 0.3) is 0 Å². The predicted molar refractivity (Wildman–Crippen MR) is 68.6 cm³/mol. The normalized spacial score (nSPS) is 11.6. The average Bonchev–Trinajstić information content (AvgIpc) is 2.19. The molecule has 0 aliphatic carbocycles. The Bertz CT molecular complexity index is 372. The molecule has 0 atom stereocenters. The summed E-state index contributed by atoms with van der Waals surface area (Å²) in [4.78, 5) is 0. The summed E-state index contributed by atoms with van der Waals surface area (Å²) in [5, 5.41) is 0. The van der Waals surface area contributed by atoms with Crippen LogP contribution in [0.2, 0.25) is 0 Å². The van der Waals surface area contributed by atoms with Crippen molar-refractivity contribution < 1.29 is 9.47 Å². The Balaban J connectivity index is 3.30. The first-order valence-electron chi connectivity index (χ1n) is 5.05. The van der Waals surface area contributed by atoms with Crippen LogP contribution in [-0.2, 0) is 16.9 Å². The van der Waals surface area contributed by atoms with E-state index in [1.807, 2.05) is 26.0 Å². The first-order valence-corrected chi connectivity index (χ1v) is 5.84. The van der Waals surface area contributed by atoms with Crippen LogP contribution in [0.25, 0.3) is 0 Å². The van der Waals surface area contributed by atoms with Crippen molar-refractivity contribution in [3.8, 4) is 5.75 Å². The fraction of sp³-hybridized carbons (Fsp3) is 0.500. The van der Waals surface area contributed by atoms with E-state index in [4.69, 9.17) is 15.2 Å². The lowest BCUT2D eigenvalue weighted by Gasteiger charge is -2.24. The predicted octanol–water partition coefficient (Wildman–Crippen LogP) is 2.80. The van der Waals surface area contributed by atoms with Gasteiger partial charge in [-0.25, -0.2) is 0 Å². The molecular formula is C12H18BrNO2. The van der Waals surface area contributed by atoms with Crippen LogP contribution in [0.1, 0.15) is 25.0 Å². The van der Waals surface area contributed by atoms with Gasteiger partial charge in [-0.15, -0.1) is 0 Å². The Kier molecular flexibility index (Phi) is 4.35. The summed E-state index contributed by atoms with van der Waals surface area (Å²) < 4.78 is 11.3. The number of benzene rings is 1. The molecule has 0 aromatic heterocycles. The number of hydrogen-bond acceptors (Lipinski definition) is 3. The lowest BCUT2D eigenvalue weighted by molar-refractivity contribution is 0.182. The first-order chi connectivity index (χ1) is 7.40. The van der Waals surface area contributed by atoms with Gasteiger partial charge in [-0.05, 0) is 53.0 Å². The highest BCUT2D eigenvalue weighted by atomic mass is 79.9. The van der Waals surface area contributed by atoms with Crippen LogP contribution in [-0.4, -0.2) is 14.2 Å². The molecule has 0 spiro atoms. The van der Waals surface area contributed by atoms with E-state index in [-0.39, 0.29) is 0 Å². The monoisotopic (exact) mass is 287 g/mol. The van der Waals surface area contributed by atoms with Gasteiger partial charge in [0.1, 0.15) is 5.75 Å². The lowest BCUT2D eigenvalue weighted by Crippen LogP contribution is -2.30. The maximum absolute atomic E-state index is 6.13. The summed E-state index contributed by atoms with van der Waals surface area (Å²) in [6, 6.07) is 3.95. The van der Waals surface area contributed by atoms with Crippen molar-refractivity contribution in [2.24, 2.45) is 5.73 Å². The second kappa shape index (κ2) is 5.17. The van der Waals surface area contributed by atoms with Gasteiger partial charge in [0.2, 0.25) is 0 Å². The molecule has 0 unspecified atom stereocenters. The molecule has 0 aliphatic rings. The topological polar surface area (TPSA) is 44.5 Å². The molecule has 0 radical (unpaired) electrons. The number of rotatable bonds is 4. The summed E-state index contributed by atoms with van der Waals surface area (Å²) in [7, 11) is 3.31. The molecule has 1 aromatic rings. The number of halogens is 1. The van der Waals surface area contributed by atoms with Crippen LogP contribution in [0.4, 0.5) is 0 Å². The van der Waals surface area contributed by atoms with E-state index >= 15 is 0 Å². The molecule has 0 heterocycles. The fourth-order valence-electron chi connectivity index (χ4n) is 1.63. The Hall–Kier alpha value is -0.580. The minimum atomic E-state index is -0.400. The average molecular weight is 288 g/mol. The maximum Gasteiger partial charge on any atom is 0.133 e. The zero-order chi connectivity index (χ0) is 12.3. The second-order valence-electron chi connectivity index (χ2n) is 4.30. The molecule has 1 aromatic carbocycles. The molecular weight excluding hydrogens is 270 g/mol. The van der Waals surface area contributed by atoms with E-state index in [1.54, 1.807) is 14.2 Å². The quantitative estimate of drug-likeness (QED) is 0.926. The van der Waals surface area contributed by atoms with Gasteiger partial charge in [-0.2, -0.15) is 0 Å². The van der Waals surface area contributed by atoms with Crippen LogP contribution in [0.15, 0.2) is 16.6 Å². The van der Waals surface area contributed by atoms with E-state index in [0.29, 0.717) is 6.61 Å². The molecule has 16 heavy (non-hydrogen) atoms. The number of ether oxygens (including phenoxy) is 2. The molecule has 3 nitrogen and oxygen atoms in total. The van der Waals surface area contributed by atoms with Crippen molar-refractivity contribution in [2.45, 2.75) is 26.0 Å². The fourth-order valence-corrected chi connectivity index (χ4v) is 2.13. The van der Waals surface area contributed by atoms with Crippen molar-refractivity contribution >= 4 is 15.9 Å². The summed E-state index contributed by atoms with van der Waals surface area (Å²) in [6.07, 6.45) is 0. The van der Waals surface area contributed by atoms with E-state index in [1.165, 1.54) is 0 Å². The standard InChI is InChI=1S/C12H18BrNO2/c1-12(2,14)9-6-10(13)11(16-4)5-8(9)7-15-3/h5-6H,7,14H2,1-4H3. The smallest absolute Gasteiger partial charge is 0.133 e. The van der Waals surface area contributed by atoms with Gasteiger partial charge in [0.05, 0.1) is 18.2 Å². The maximum atomic E-state index is 6.13. The van der Waals surface area contributed by atoms with Crippen molar-refractivity contribution in [2.75, 3.05) is 14.2 Å². The molecule has 0 saturated carbocycles. The minimum absolute atomic E-state index is 0.400. The Morgan fingerprint density at radius 1 is 1.31 bits per heavy atom. The summed E-state index contributed by atoms with van der Waals surface area (Å²) in [5.41, 5.74) is 7.84. The highest BCUT2D eigenvalue weighted by Gasteiger charge is 2.20. The zero-order valence-corrected chi connectivity index (χ0v) is 11.7. The lowest BCUT2D eigenvalue weighted by atomic mass is 9.91. The SMILES string of the molecule is COCc1cc(OC)c(Br)cc1C(C)(C)N. The number of hydrogen-bond donors (Lipinski definition) is 1.